The molecule has 1 aromatic heterocycles. The summed E-state index contributed by atoms with van der Waals surface area (Å²) in [6, 6.07) is 8.79. The maximum Gasteiger partial charge on any atom is 0.254 e. The second kappa shape index (κ2) is 7.62. The van der Waals surface area contributed by atoms with E-state index in [1.807, 2.05) is 26.0 Å². The average molecular weight is 378 g/mol. The van der Waals surface area contributed by atoms with E-state index >= 15 is 0 Å². The largest absolute Gasteiger partial charge is 0.352 e. The van der Waals surface area contributed by atoms with Crippen LogP contribution in [0.25, 0.3) is 0 Å². The molecule has 0 saturated carbocycles. The summed E-state index contributed by atoms with van der Waals surface area (Å²) in [6.07, 6.45) is 0.274. The maximum atomic E-state index is 12.4. The van der Waals surface area contributed by atoms with Crippen LogP contribution in [0.1, 0.15) is 43.5 Å². The molecule has 0 aliphatic carbocycles. The number of nitrogens with one attached hydrogen (secondary N) is 1. The van der Waals surface area contributed by atoms with Gasteiger partial charge >= 0.3 is 0 Å². The molecule has 25 heavy (non-hydrogen) atoms. The lowest BCUT2D eigenvalue weighted by atomic mass is 10.1. The number of thioether (sulfide) groups is 1. The summed E-state index contributed by atoms with van der Waals surface area (Å²) >= 11 is 7.39. The molecule has 0 saturated heterocycles. The SMILES string of the molecule is CC(C)c1cc(=O)n2c(n1)SCC2CC(=O)NCc1ccc(Cl)cc1. The van der Waals surface area contributed by atoms with Gasteiger partial charge in [0.05, 0.1) is 11.7 Å². The highest BCUT2D eigenvalue weighted by atomic mass is 35.5. The number of benzene rings is 1. The van der Waals surface area contributed by atoms with Gasteiger partial charge in [0.15, 0.2) is 5.16 Å². The lowest BCUT2D eigenvalue weighted by molar-refractivity contribution is -0.121. The number of carbonyl (C=O) groups excluding carboxylic acids is 1. The van der Waals surface area contributed by atoms with E-state index in [1.54, 1.807) is 22.8 Å². The van der Waals surface area contributed by atoms with Gasteiger partial charge in [0.2, 0.25) is 5.91 Å². The number of amides is 1. The van der Waals surface area contributed by atoms with Crippen molar-refractivity contribution in [3.05, 3.63) is 57.0 Å². The van der Waals surface area contributed by atoms with Crippen molar-refractivity contribution in [1.29, 1.82) is 0 Å². The number of nitrogens with zero attached hydrogens (tertiary/aromatic N) is 2. The number of aromatic nitrogens is 2. The van der Waals surface area contributed by atoms with Crippen LogP contribution in [0.2, 0.25) is 5.02 Å². The molecule has 0 radical (unpaired) electrons. The first-order valence-electron chi connectivity index (χ1n) is 8.21. The van der Waals surface area contributed by atoms with Crippen molar-refractivity contribution in [3.63, 3.8) is 0 Å². The minimum atomic E-state index is -0.147. The predicted octanol–water partition coefficient (Wildman–Crippen LogP) is 3.37. The van der Waals surface area contributed by atoms with E-state index in [0.29, 0.717) is 22.5 Å². The molecule has 0 bridgehead atoms. The first-order chi connectivity index (χ1) is 11.9. The summed E-state index contributed by atoms with van der Waals surface area (Å²) in [5, 5.41) is 4.28. The highest BCUT2D eigenvalue weighted by molar-refractivity contribution is 7.99. The molecule has 1 aromatic carbocycles. The maximum absolute atomic E-state index is 12.4. The van der Waals surface area contributed by atoms with Crippen molar-refractivity contribution in [2.75, 3.05) is 5.75 Å². The third-order valence-electron chi connectivity index (χ3n) is 4.13. The molecule has 5 nitrogen and oxygen atoms in total. The molecule has 1 amide bonds. The van der Waals surface area contributed by atoms with Crippen LogP contribution in [-0.4, -0.2) is 21.2 Å². The van der Waals surface area contributed by atoms with Crippen molar-refractivity contribution in [3.8, 4) is 0 Å². The lowest BCUT2D eigenvalue weighted by Gasteiger charge is -2.14. The zero-order valence-corrected chi connectivity index (χ0v) is 15.7. The van der Waals surface area contributed by atoms with E-state index in [0.717, 1.165) is 11.3 Å². The van der Waals surface area contributed by atoms with Crippen LogP contribution < -0.4 is 10.9 Å². The average Bonchev–Trinajstić information content (AvgIpc) is 2.97. The van der Waals surface area contributed by atoms with E-state index in [4.69, 9.17) is 11.6 Å². The molecule has 0 fully saturated rings. The normalized spacial score (nSPS) is 16.1. The van der Waals surface area contributed by atoms with Gasteiger partial charge in [-0.05, 0) is 23.6 Å². The van der Waals surface area contributed by atoms with E-state index in [9.17, 15) is 9.59 Å². The Balaban J connectivity index is 1.64. The number of fused-ring (bicyclic) bond motifs is 1. The van der Waals surface area contributed by atoms with Crippen molar-refractivity contribution in [2.45, 2.75) is 43.9 Å². The van der Waals surface area contributed by atoms with E-state index in [-0.39, 0.29) is 29.8 Å². The molecular formula is C18H20ClN3O2S. The molecule has 1 N–H and O–H groups in total. The zero-order chi connectivity index (χ0) is 18.0. The molecule has 132 valence electrons. The van der Waals surface area contributed by atoms with Gasteiger partial charge in [-0.25, -0.2) is 4.98 Å². The quantitative estimate of drug-likeness (QED) is 0.811. The van der Waals surface area contributed by atoms with Crippen LogP contribution in [0.15, 0.2) is 40.3 Å². The van der Waals surface area contributed by atoms with Crippen LogP contribution in [0.4, 0.5) is 0 Å². The Hall–Kier alpha value is -1.79. The van der Waals surface area contributed by atoms with E-state index in [2.05, 4.69) is 10.3 Å². The summed E-state index contributed by atoms with van der Waals surface area (Å²) in [5.41, 5.74) is 1.71. The van der Waals surface area contributed by atoms with Gasteiger partial charge in [-0.1, -0.05) is 49.3 Å². The minimum Gasteiger partial charge on any atom is -0.352 e. The number of hydrogen-bond acceptors (Lipinski definition) is 4. The third-order valence-corrected chi connectivity index (χ3v) is 5.47. The van der Waals surface area contributed by atoms with Crippen LogP contribution >= 0.6 is 23.4 Å². The first kappa shape index (κ1) is 18.0. The third kappa shape index (κ3) is 4.25. The van der Waals surface area contributed by atoms with Gasteiger partial charge in [-0.15, -0.1) is 0 Å². The number of hydrogen-bond donors (Lipinski definition) is 1. The fraction of sp³-hybridized carbons (Fsp3) is 0.389. The van der Waals surface area contributed by atoms with Gasteiger partial charge in [-0.2, -0.15) is 0 Å². The van der Waals surface area contributed by atoms with Gasteiger partial charge < -0.3 is 5.32 Å². The second-order valence-electron chi connectivity index (χ2n) is 6.40. The Morgan fingerprint density at radius 2 is 2.12 bits per heavy atom. The monoisotopic (exact) mass is 377 g/mol. The standard InChI is InChI=1S/C18H20ClN3O2S/c1-11(2)15-8-17(24)22-14(10-25-18(22)21-15)7-16(23)20-9-12-3-5-13(19)6-4-12/h3-6,8,11,14H,7,9-10H2,1-2H3,(H,20,23). The van der Waals surface area contributed by atoms with Crippen LogP contribution in [-0.2, 0) is 11.3 Å². The molecule has 2 aromatic rings. The molecule has 3 rings (SSSR count). The molecular weight excluding hydrogens is 358 g/mol. The zero-order valence-electron chi connectivity index (χ0n) is 14.2. The number of carbonyl (C=O) groups is 1. The highest BCUT2D eigenvalue weighted by Gasteiger charge is 2.27. The van der Waals surface area contributed by atoms with E-state index in [1.165, 1.54) is 11.8 Å². The van der Waals surface area contributed by atoms with Gasteiger partial charge in [0, 0.05) is 29.8 Å². The Morgan fingerprint density at radius 3 is 2.80 bits per heavy atom. The van der Waals surface area contributed by atoms with Crippen LogP contribution in [0.5, 0.6) is 0 Å². The summed E-state index contributed by atoms with van der Waals surface area (Å²) in [4.78, 5) is 29.2. The van der Waals surface area contributed by atoms with Crippen molar-refractivity contribution in [1.82, 2.24) is 14.9 Å². The number of rotatable bonds is 5. The smallest absolute Gasteiger partial charge is 0.254 e. The first-order valence-corrected chi connectivity index (χ1v) is 9.58. The lowest BCUT2D eigenvalue weighted by Crippen LogP contribution is -2.30. The Morgan fingerprint density at radius 1 is 1.40 bits per heavy atom. The minimum absolute atomic E-state index is 0.0748. The summed E-state index contributed by atoms with van der Waals surface area (Å²) in [7, 11) is 0. The molecule has 1 aliphatic rings. The molecule has 1 unspecified atom stereocenters. The Bertz CT molecular complexity index is 833. The summed E-state index contributed by atoms with van der Waals surface area (Å²) < 4.78 is 1.65. The highest BCUT2D eigenvalue weighted by Crippen LogP contribution is 2.32. The van der Waals surface area contributed by atoms with Gasteiger partial charge in [0.25, 0.3) is 5.56 Å². The second-order valence-corrected chi connectivity index (χ2v) is 7.82. The van der Waals surface area contributed by atoms with E-state index < -0.39 is 0 Å². The fourth-order valence-corrected chi connectivity index (χ4v) is 3.99. The molecule has 7 heteroatoms. The summed E-state index contributed by atoms with van der Waals surface area (Å²) in [5.74, 6) is 0.826. The molecule has 1 aliphatic heterocycles. The van der Waals surface area contributed by atoms with Crippen molar-refractivity contribution >= 4 is 29.3 Å². The van der Waals surface area contributed by atoms with Gasteiger partial charge in [0.1, 0.15) is 0 Å². The number of halogens is 1. The summed E-state index contributed by atoms with van der Waals surface area (Å²) in [6.45, 7) is 4.47. The molecule has 0 spiro atoms. The van der Waals surface area contributed by atoms with Gasteiger partial charge in [-0.3, -0.25) is 14.2 Å². The van der Waals surface area contributed by atoms with Crippen molar-refractivity contribution in [2.24, 2.45) is 0 Å². The van der Waals surface area contributed by atoms with Crippen molar-refractivity contribution < 1.29 is 4.79 Å². The Kier molecular flexibility index (Phi) is 5.49. The predicted molar refractivity (Wildman–Crippen MR) is 100 cm³/mol. The fourth-order valence-electron chi connectivity index (χ4n) is 2.71. The molecule has 2 heterocycles. The molecule has 1 atom stereocenters. The topological polar surface area (TPSA) is 64.0 Å². The van der Waals surface area contributed by atoms with Crippen LogP contribution in [0.3, 0.4) is 0 Å². The Labute approximate surface area is 155 Å². The van der Waals surface area contributed by atoms with Crippen LogP contribution in [0, 0.1) is 0 Å².